The van der Waals surface area contributed by atoms with Gasteiger partial charge in [0.1, 0.15) is 12.7 Å². The molecular weight excluding hydrogens is 600 g/mol. The SMILES string of the molecule is Cc1ncc(Cl)cc1C(=O)NC1CCC(Cn2c(=O)n(-c3ccc(OC[C@@H]4CN(C(=O)O)CCO4)nc3)c3ccccc32)CC1. The van der Waals surface area contributed by atoms with Crippen LogP contribution in [0.4, 0.5) is 4.79 Å². The molecule has 12 nitrogen and oxygen atoms in total. The van der Waals surface area contributed by atoms with E-state index in [9.17, 15) is 19.5 Å². The number of hydrogen-bond acceptors (Lipinski definition) is 7. The zero-order chi connectivity index (χ0) is 31.5. The van der Waals surface area contributed by atoms with Crippen LogP contribution in [0.1, 0.15) is 41.7 Å². The summed E-state index contributed by atoms with van der Waals surface area (Å²) in [5.74, 6) is 0.484. The minimum absolute atomic E-state index is 0.0535. The lowest BCUT2D eigenvalue weighted by Gasteiger charge is -2.30. The van der Waals surface area contributed by atoms with Gasteiger partial charge in [-0.05, 0) is 62.8 Å². The summed E-state index contributed by atoms with van der Waals surface area (Å²) in [6, 6.07) is 12.9. The van der Waals surface area contributed by atoms with Gasteiger partial charge in [0, 0.05) is 31.4 Å². The maximum absolute atomic E-state index is 13.8. The van der Waals surface area contributed by atoms with Crippen LogP contribution >= 0.6 is 11.6 Å². The highest BCUT2D eigenvalue weighted by Crippen LogP contribution is 2.28. The van der Waals surface area contributed by atoms with Crippen molar-refractivity contribution in [3.63, 3.8) is 0 Å². The third-order valence-corrected chi connectivity index (χ3v) is 8.77. The maximum atomic E-state index is 13.8. The van der Waals surface area contributed by atoms with Crippen LogP contribution in [-0.2, 0) is 11.3 Å². The molecule has 0 unspecified atom stereocenters. The molecule has 4 heterocycles. The Morgan fingerprint density at radius 2 is 1.87 bits per heavy atom. The number of rotatable bonds is 8. The van der Waals surface area contributed by atoms with E-state index in [2.05, 4.69) is 15.3 Å². The quantitative estimate of drug-likeness (QED) is 0.293. The van der Waals surface area contributed by atoms with Gasteiger partial charge in [-0.25, -0.2) is 14.6 Å². The van der Waals surface area contributed by atoms with Crippen molar-refractivity contribution in [3.05, 3.63) is 81.6 Å². The van der Waals surface area contributed by atoms with Gasteiger partial charge in [-0.3, -0.25) is 18.9 Å². The number of aromatic nitrogens is 4. The fourth-order valence-corrected chi connectivity index (χ4v) is 6.30. The van der Waals surface area contributed by atoms with Crippen molar-refractivity contribution < 1.29 is 24.2 Å². The van der Waals surface area contributed by atoms with E-state index in [-0.39, 0.29) is 42.8 Å². The Morgan fingerprint density at radius 1 is 1.09 bits per heavy atom. The second kappa shape index (κ2) is 13.3. The van der Waals surface area contributed by atoms with Crippen LogP contribution in [-0.4, -0.2) is 79.6 Å². The molecule has 13 heteroatoms. The molecule has 45 heavy (non-hydrogen) atoms. The van der Waals surface area contributed by atoms with E-state index < -0.39 is 6.09 Å². The first-order valence-electron chi connectivity index (χ1n) is 15.1. The average Bonchev–Trinajstić information content (AvgIpc) is 3.33. The molecule has 1 saturated heterocycles. The smallest absolute Gasteiger partial charge is 0.407 e. The Bertz CT molecular complexity index is 1750. The number of imidazole rings is 1. The summed E-state index contributed by atoms with van der Waals surface area (Å²) >= 11 is 6.05. The summed E-state index contributed by atoms with van der Waals surface area (Å²) in [4.78, 5) is 47.8. The largest absolute Gasteiger partial charge is 0.475 e. The third-order valence-electron chi connectivity index (χ3n) is 8.56. The number of morpholine rings is 1. The van der Waals surface area contributed by atoms with E-state index >= 15 is 0 Å². The molecule has 1 atom stereocenters. The maximum Gasteiger partial charge on any atom is 0.407 e. The molecule has 2 aliphatic rings. The summed E-state index contributed by atoms with van der Waals surface area (Å²) in [6.07, 6.45) is 5.18. The lowest BCUT2D eigenvalue weighted by molar-refractivity contribution is -0.0418. The lowest BCUT2D eigenvalue weighted by Crippen LogP contribution is -2.47. The first kappa shape index (κ1) is 30.6. The fourth-order valence-electron chi connectivity index (χ4n) is 6.14. The van der Waals surface area contributed by atoms with Gasteiger partial charge in [-0.1, -0.05) is 23.7 Å². The number of halogens is 1. The minimum atomic E-state index is -0.977. The fraction of sp³-hybridized carbons (Fsp3) is 0.406. The number of carboxylic acid groups (broad SMARTS) is 1. The van der Waals surface area contributed by atoms with Gasteiger partial charge < -0.3 is 24.8 Å². The van der Waals surface area contributed by atoms with E-state index in [4.69, 9.17) is 21.1 Å². The Labute approximate surface area is 264 Å². The third kappa shape index (κ3) is 6.81. The number of carbonyl (C=O) groups excluding carboxylic acids is 1. The molecule has 0 radical (unpaired) electrons. The van der Waals surface area contributed by atoms with Gasteiger partial charge >= 0.3 is 11.8 Å². The Balaban J connectivity index is 1.10. The molecule has 6 rings (SSSR count). The zero-order valence-electron chi connectivity index (χ0n) is 24.9. The van der Waals surface area contributed by atoms with Crippen LogP contribution in [0.3, 0.4) is 0 Å². The molecule has 1 aliphatic heterocycles. The van der Waals surface area contributed by atoms with Crippen molar-refractivity contribution >= 4 is 34.6 Å². The minimum Gasteiger partial charge on any atom is -0.475 e. The van der Waals surface area contributed by atoms with Crippen LogP contribution in [0.5, 0.6) is 5.88 Å². The van der Waals surface area contributed by atoms with Crippen LogP contribution in [0, 0.1) is 12.8 Å². The first-order valence-corrected chi connectivity index (χ1v) is 15.5. The molecular formula is C32H35ClN6O6. The van der Waals surface area contributed by atoms with Crippen molar-refractivity contribution in [3.8, 4) is 11.6 Å². The van der Waals surface area contributed by atoms with Gasteiger partial charge in [0.25, 0.3) is 5.91 Å². The average molecular weight is 635 g/mol. The summed E-state index contributed by atoms with van der Waals surface area (Å²) < 4.78 is 14.9. The number of ether oxygens (including phenoxy) is 2. The molecule has 1 aromatic carbocycles. The van der Waals surface area contributed by atoms with Crippen LogP contribution in [0.25, 0.3) is 16.7 Å². The van der Waals surface area contributed by atoms with Gasteiger partial charge in [-0.2, -0.15) is 0 Å². The molecule has 2 fully saturated rings. The Hall–Kier alpha value is -4.42. The highest BCUT2D eigenvalue weighted by Gasteiger charge is 2.27. The van der Waals surface area contributed by atoms with Crippen molar-refractivity contribution in [1.82, 2.24) is 29.3 Å². The number of benzene rings is 1. The highest BCUT2D eigenvalue weighted by atomic mass is 35.5. The number of para-hydroxylation sites is 2. The number of fused-ring (bicyclic) bond motifs is 1. The Morgan fingerprint density at radius 3 is 2.60 bits per heavy atom. The first-order chi connectivity index (χ1) is 21.8. The summed E-state index contributed by atoms with van der Waals surface area (Å²) in [6.45, 7) is 3.42. The number of hydrogen-bond donors (Lipinski definition) is 2. The van der Waals surface area contributed by atoms with Crippen molar-refractivity contribution in [2.45, 2.75) is 51.3 Å². The van der Waals surface area contributed by atoms with E-state index in [1.54, 1.807) is 35.9 Å². The lowest BCUT2D eigenvalue weighted by atomic mass is 9.85. The monoisotopic (exact) mass is 634 g/mol. The topological polar surface area (TPSA) is 141 Å². The van der Waals surface area contributed by atoms with Crippen molar-refractivity contribution in [2.75, 3.05) is 26.3 Å². The van der Waals surface area contributed by atoms with Gasteiger partial charge in [-0.15, -0.1) is 0 Å². The van der Waals surface area contributed by atoms with Gasteiger partial charge in [0.2, 0.25) is 5.88 Å². The van der Waals surface area contributed by atoms with Crippen LogP contribution in [0.2, 0.25) is 5.02 Å². The van der Waals surface area contributed by atoms with Crippen LogP contribution in [0.15, 0.2) is 59.7 Å². The predicted octanol–water partition coefficient (Wildman–Crippen LogP) is 4.29. The standard InChI is InChI=1S/C32H35ClN6O6/c1-20-26(14-22(33)15-34-20)30(40)36-23-8-6-21(7-9-23)17-38-27-4-2-3-5-28(27)39(31(38)41)24-10-11-29(35-16-24)45-19-25-18-37(32(42)43)12-13-44-25/h2-5,10-11,14-16,21,23,25H,6-9,12-13,17-19H2,1H3,(H,36,40)(H,42,43)/t21?,23?,25-/m0/s1. The molecule has 2 amide bonds. The molecule has 0 bridgehead atoms. The summed E-state index contributed by atoms with van der Waals surface area (Å²) in [5.41, 5.74) is 3.24. The van der Waals surface area contributed by atoms with E-state index in [1.165, 1.54) is 11.1 Å². The van der Waals surface area contributed by atoms with E-state index in [1.807, 2.05) is 28.8 Å². The second-order valence-electron chi connectivity index (χ2n) is 11.6. The summed E-state index contributed by atoms with van der Waals surface area (Å²) in [5, 5.41) is 12.8. The number of amides is 2. The van der Waals surface area contributed by atoms with Gasteiger partial charge in [0.05, 0.1) is 52.3 Å². The molecule has 236 valence electrons. The normalized spacial score (nSPS) is 20.2. The Kier molecular flexibility index (Phi) is 9.04. The van der Waals surface area contributed by atoms with Gasteiger partial charge in [0.15, 0.2) is 0 Å². The van der Waals surface area contributed by atoms with E-state index in [0.29, 0.717) is 47.5 Å². The zero-order valence-corrected chi connectivity index (χ0v) is 25.7. The van der Waals surface area contributed by atoms with E-state index in [0.717, 1.165) is 36.7 Å². The highest BCUT2D eigenvalue weighted by molar-refractivity contribution is 6.30. The molecule has 1 saturated carbocycles. The van der Waals surface area contributed by atoms with Crippen molar-refractivity contribution in [2.24, 2.45) is 5.92 Å². The number of pyridine rings is 2. The molecule has 2 N–H and O–H groups in total. The molecule has 3 aromatic heterocycles. The van der Waals surface area contributed by atoms with Crippen molar-refractivity contribution in [1.29, 1.82) is 0 Å². The number of carbonyl (C=O) groups is 2. The molecule has 4 aromatic rings. The number of nitrogens with zero attached hydrogens (tertiary/aromatic N) is 5. The second-order valence-corrected chi connectivity index (χ2v) is 12.0. The summed E-state index contributed by atoms with van der Waals surface area (Å²) in [7, 11) is 0. The number of aryl methyl sites for hydroxylation is 1. The number of nitrogens with one attached hydrogen (secondary N) is 1. The molecule has 0 spiro atoms. The molecule has 1 aliphatic carbocycles. The predicted molar refractivity (Wildman–Crippen MR) is 167 cm³/mol. The van der Waals surface area contributed by atoms with Crippen LogP contribution < -0.4 is 15.7 Å².